The van der Waals surface area contributed by atoms with Crippen LogP contribution in [0.3, 0.4) is 0 Å². The molecule has 2 aromatic carbocycles. The van der Waals surface area contributed by atoms with E-state index >= 15 is 0 Å². The van der Waals surface area contributed by atoms with E-state index in [0.717, 1.165) is 16.8 Å². The maximum atomic E-state index is 13.1. The van der Waals surface area contributed by atoms with Crippen molar-refractivity contribution in [1.29, 1.82) is 0 Å². The summed E-state index contributed by atoms with van der Waals surface area (Å²) in [6.07, 6.45) is 0.381. The molecule has 3 aromatic rings. The summed E-state index contributed by atoms with van der Waals surface area (Å²) < 4.78 is 0. The molecular formula is C24H29N5O2S. The molecule has 1 unspecified atom stereocenters. The molecular weight excluding hydrogens is 422 g/mol. The Kier molecular flexibility index (Phi) is 7.25. The molecule has 0 radical (unpaired) electrons. The molecule has 2 N–H and O–H groups in total. The van der Waals surface area contributed by atoms with Crippen molar-refractivity contribution in [1.82, 2.24) is 15.5 Å². The number of amides is 2. The van der Waals surface area contributed by atoms with E-state index in [1.807, 2.05) is 94.4 Å². The van der Waals surface area contributed by atoms with Gasteiger partial charge in [-0.05, 0) is 29.8 Å². The standard InChI is InChI=1S/C24H29N5O2S/c1-24(2,3)22(31)25-19(15-16-9-7-6-8-10-16)20(30)26-23-28-27-21(32-23)17-11-13-18(14-12-17)29(4)5/h6-14,19H,15H2,1-5H3,(H,25,31)(H,26,28,30). The molecule has 1 heterocycles. The minimum atomic E-state index is -0.726. The third-order valence-corrected chi connectivity index (χ3v) is 5.76. The minimum absolute atomic E-state index is 0.187. The summed E-state index contributed by atoms with van der Waals surface area (Å²) in [6.45, 7) is 5.45. The van der Waals surface area contributed by atoms with Crippen molar-refractivity contribution in [3.05, 3.63) is 60.2 Å². The first-order chi connectivity index (χ1) is 15.1. The van der Waals surface area contributed by atoms with Gasteiger partial charge in [0.2, 0.25) is 16.9 Å². The first-order valence-corrected chi connectivity index (χ1v) is 11.2. The molecule has 0 aliphatic carbocycles. The van der Waals surface area contributed by atoms with Crippen LogP contribution in [0.5, 0.6) is 0 Å². The van der Waals surface area contributed by atoms with Crippen molar-refractivity contribution in [2.75, 3.05) is 24.3 Å². The Bertz CT molecular complexity index is 1060. The molecule has 7 nitrogen and oxygen atoms in total. The second-order valence-electron chi connectivity index (χ2n) is 8.81. The summed E-state index contributed by atoms with van der Waals surface area (Å²) in [5.41, 5.74) is 2.37. The highest BCUT2D eigenvalue weighted by molar-refractivity contribution is 7.18. The van der Waals surface area contributed by atoms with Crippen LogP contribution >= 0.6 is 11.3 Å². The summed E-state index contributed by atoms with van der Waals surface area (Å²) in [7, 11) is 3.97. The molecule has 1 atom stereocenters. The van der Waals surface area contributed by atoms with Gasteiger partial charge in [0.1, 0.15) is 11.0 Å². The number of anilines is 2. The lowest BCUT2D eigenvalue weighted by Crippen LogP contribution is -2.48. The normalized spacial score (nSPS) is 12.2. The minimum Gasteiger partial charge on any atom is -0.378 e. The summed E-state index contributed by atoms with van der Waals surface area (Å²) in [6, 6.07) is 16.8. The van der Waals surface area contributed by atoms with Crippen LogP contribution in [0.1, 0.15) is 26.3 Å². The van der Waals surface area contributed by atoms with Gasteiger partial charge < -0.3 is 10.2 Å². The molecule has 32 heavy (non-hydrogen) atoms. The van der Waals surface area contributed by atoms with E-state index in [1.165, 1.54) is 11.3 Å². The zero-order valence-electron chi connectivity index (χ0n) is 19.0. The lowest BCUT2D eigenvalue weighted by molar-refractivity contribution is -0.132. The Labute approximate surface area is 192 Å². The largest absolute Gasteiger partial charge is 0.378 e. The molecule has 0 aliphatic heterocycles. The predicted molar refractivity (Wildman–Crippen MR) is 130 cm³/mol. The first kappa shape index (κ1) is 23.4. The number of aromatic nitrogens is 2. The highest BCUT2D eigenvalue weighted by Crippen LogP contribution is 2.28. The molecule has 0 aliphatic rings. The Balaban J connectivity index is 1.74. The Morgan fingerprint density at radius 1 is 1.00 bits per heavy atom. The molecule has 0 saturated heterocycles. The van der Waals surface area contributed by atoms with Crippen molar-refractivity contribution in [2.24, 2.45) is 5.41 Å². The fourth-order valence-corrected chi connectivity index (χ4v) is 3.67. The molecule has 0 fully saturated rings. The van der Waals surface area contributed by atoms with Gasteiger partial charge in [-0.15, -0.1) is 10.2 Å². The lowest BCUT2D eigenvalue weighted by Gasteiger charge is -2.23. The van der Waals surface area contributed by atoms with Crippen LogP contribution in [0.25, 0.3) is 10.6 Å². The van der Waals surface area contributed by atoms with Crippen molar-refractivity contribution < 1.29 is 9.59 Å². The van der Waals surface area contributed by atoms with Gasteiger partial charge in [-0.2, -0.15) is 0 Å². The predicted octanol–water partition coefficient (Wildman–Crippen LogP) is 3.98. The third-order valence-electron chi connectivity index (χ3n) is 4.87. The number of carbonyl (C=O) groups is 2. The van der Waals surface area contributed by atoms with Crippen LogP contribution in [-0.2, 0) is 16.0 Å². The monoisotopic (exact) mass is 451 g/mol. The molecule has 8 heteroatoms. The van der Waals surface area contributed by atoms with E-state index in [2.05, 4.69) is 20.8 Å². The zero-order valence-corrected chi connectivity index (χ0v) is 19.9. The highest BCUT2D eigenvalue weighted by atomic mass is 32.1. The maximum Gasteiger partial charge on any atom is 0.249 e. The van der Waals surface area contributed by atoms with Crippen LogP contribution in [-0.4, -0.2) is 42.1 Å². The highest BCUT2D eigenvalue weighted by Gasteiger charge is 2.28. The van der Waals surface area contributed by atoms with Gasteiger partial charge in [-0.25, -0.2) is 0 Å². The molecule has 0 bridgehead atoms. The van der Waals surface area contributed by atoms with Crippen molar-refractivity contribution >= 4 is 34.0 Å². The van der Waals surface area contributed by atoms with Gasteiger partial charge in [0, 0.05) is 37.2 Å². The van der Waals surface area contributed by atoms with Gasteiger partial charge in [-0.3, -0.25) is 14.9 Å². The third kappa shape index (κ3) is 6.13. The van der Waals surface area contributed by atoms with Crippen LogP contribution in [0, 0.1) is 5.41 Å². The number of nitrogens with zero attached hydrogens (tertiary/aromatic N) is 3. The topological polar surface area (TPSA) is 87.2 Å². The molecule has 1 aromatic heterocycles. The summed E-state index contributed by atoms with van der Waals surface area (Å²) in [4.78, 5) is 27.6. The van der Waals surface area contributed by atoms with E-state index in [9.17, 15) is 9.59 Å². The van der Waals surface area contributed by atoms with Gasteiger partial charge in [0.05, 0.1) is 0 Å². The van der Waals surface area contributed by atoms with Gasteiger partial charge in [-0.1, -0.05) is 62.4 Å². The fraction of sp³-hybridized carbons (Fsp3) is 0.333. The molecule has 2 amide bonds. The molecule has 3 rings (SSSR count). The zero-order chi connectivity index (χ0) is 23.3. The Morgan fingerprint density at radius 3 is 2.25 bits per heavy atom. The summed E-state index contributed by atoms with van der Waals surface area (Å²) in [5, 5.41) is 15.1. The van der Waals surface area contributed by atoms with E-state index in [4.69, 9.17) is 0 Å². The first-order valence-electron chi connectivity index (χ1n) is 10.4. The average molecular weight is 452 g/mol. The second-order valence-corrected chi connectivity index (χ2v) is 9.79. The van der Waals surface area contributed by atoms with Crippen LogP contribution in [0.15, 0.2) is 54.6 Å². The number of hydrogen-bond donors (Lipinski definition) is 2. The second kappa shape index (κ2) is 9.91. The van der Waals surface area contributed by atoms with Crippen molar-refractivity contribution in [3.8, 4) is 10.6 Å². The van der Waals surface area contributed by atoms with Crippen LogP contribution < -0.4 is 15.5 Å². The van der Waals surface area contributed by atoms with E-state index < -0.39 is 11.5 Å². The number of rotatable bonds is 7. The SMILES string of the molecule is CN(C)c1ccc(-c2nnc(NC(=O)C(Cc3ccccc3)NC(=O)C(C)(C)C)s2)cc1. The van der Waals surface area contributed by atoms with Gasteiger partial charge in [0.25, 0.3) is 0 Å². The number of benzene rings is 2. The van der Waals surface area contributed by atoms with Gasteiger partial charge >= 0.3 is 0 Å². The van der Waals surface area contributed by atoms with Crippen molar-refractivity contribution in [3.63, 3.8) is 0 Å². The quantitative estimate of drug-likeness (QED) is 0.567. The van der Waals surface area contributed by atoms with Crippen LogP contribution in [0.2, 0.25) is 0 Å². The number of carbonyl (C=O) groups excluding carboxylic acids is 2. The van der Waals surface area contributed by atoms with E-state index in [0.29, 0.717) is 16.6 Å². The summed E-state index contributed by atoms with van der Waals surface area (Å²) >= 11 is 1.30. The lowest BCUT2D eigenvalue weighted by atomic mass is 9.94. The fourth-order valence-electron chi connectivity index (χ4n) is 2.92. The van der Waals surface area contributed by atoms with Crippen LogP contribution in [0.4, 0.5) is 10.8 Å². The van der Waals surface area contributed by atoms with Crippen molar-refractivity contribution in [2.45, 2.75) is 33.2 Å². The molecule has 168 valence electrons. The number of hydrogen-bond acceptors (Lipinski definition) is 6. The van der Waals surface area contributed by atoms with E-state index in [-0.39, 0.29) is 11.8 Å². The summed E-state index contributed by atoms with van der Waals surface area (Å²) in [5.74, 6) is -0.510. The Morgan fingerprint density at radius 2 is 1.66 bits per heavy atom. The number of nitrogens with one attached hydrogen (secondary N) is 2. The molecule has 0 saturated carbocycles. The Hall–Kier alpha value is -3.26. The van der Waals surface area contributed by atoms with Gasteiger partial charge in [0.15, 0.2) is 0 Å². The maximum absolute atomic E-state index is 13.1. The smallest absolute Gasteiger partial charge is 0.249 e. The average Bonchev–Trinajstić information content (AvgIpc) is 3.21. The molecule has 0 spiro atoms. The van der Waals surface area contributed by atoms with E-state index in [1.54, 1.807) is 0 Å².